The van der Waals surface area contributed by atoms with Gasteiger partial charge in [0.25, 0.3) is 0 Å². The van der Waals surface area contributed by atoms with E-state index in [9.17, 15) is 4.79 Å². The van der Waals surface area contributed by atoms with Gasteiger partial charge in [-0.3, -0.25) is 0 Å². The van der Waals surface area contributed by atoms with Crippen LogP contribution in [-0.2, 0) is 0 Å². The zero-order valence-electron chi connectivity index (χ0n) is 10.9. The molecule has 0 atom stereocenters. The Hall–Kier alpha value is -1.48. The van der Waals surface area contributed by atoms with Crippen LogP contribution < -0.4 is 9.78 Å². The summed E-state index contributed by atoms with van der Waals surface area (Å²) in [7, 11) is 1.34. The normalized spacial score (nSPS) is 10.0. The molecule has 0 radical (unpaired) electrons. The van der Waals surface area contributed by atoms with Crippen molar-refractivity contribution in [2.24, 2.45) is 0 Å². The van der Waals surface area contributed by atoms with Gasteiger partial charge in [-0.1, -0.05) is 0 Å². The molecule has 0 bridgehead atoms. The second kappa shape index (κ2) is 7.95. The average molecular weight is 348 g/mol. The predicted octanol–water partition coefficient (Wildman–Crippen LogP) is 3.09. The third kappa shape index (κ3) is 4.89. The molecule has 102 valence electrons. The number of rotatable bonds is 5. The molecule has 4 heteroatoms. The Morgan fingerprint density at radius 2 is 1.65 bits per heavy atom. The van der Waals surface area contributed by atoms with Gasteiger partial charge < -0.3 is 0 Å². The van der Waals surface area contributed by atoms with Crippen LogP contribution in [0.25, 0.3) is 5.57 Å². The standard InChI is InChI=1S/C16H15NOSSe/c1-13(14-8-4-2-5-9-14)12-17-16(18)19-20-15-10-6-3-7-11-15/h2-11H,1,12H2,(H,17,18). The number of carbonyl (C=O) groups is 1. The summed E-state index contributed by atoms with van der Waals surface area (Å²) in [6, 6.07) is 19.9. The van der Waals surface area contributed by atoms with Crippen LogP contribution in [0.2, 0.25) is 0 Å². The Morgan fingerprint density at radius 3 is 2.30 bits per heavy atom. The van der Waals surface area contributed by atoms with E-state index in [1.807, 2.05) is 60.7 Å². The molecule has 0 aliphatic heterocycles. The van der Waals surface area contributed by atoms with Gasteiger partial charge in [0.1, 0.15) is 0 Å². The van der Waals surface area contributed by atoms with Crippen LogP contribution >= 0.6 is 10.2 Å². The third-order valence-electron chi connectivity index (χ3n) is 2.58. The summed E-state index contributed by atoms with van der Waals surface area (Å²) in [4.78, 5) is 11.8. The monoisotopic (exact) mass is 349 g/mol. The van der Waals surface area contributed by atoms with Gasteiger partial charge in [0.15, 0.2) is 0 Å². The molecule has 0 spiro atoms. The molecule has 2 rings (SSSR count). The number of hydrogen-bond donors (Lipinski definition) is 1. The molecule has 0 unspecified atom stereocenters. The van der Waals surface area contributed by atoms with Gasteiger partial charge >= 0.3 is 129 Å². The second-order valence-corrected chi connectivity index (χ2v) is 7.88. The molecule has 0 fully saturated rings. The number of amides is 1. The summed E-state index contributed by atoms with van der Waals surface area (Å²) < 4.78 is 1.21. The summed E-state index contributed by atoms with van der Waals surface area (Å²) in [5.74, 6) is 0. The van der Waals surface area contributed by atoms with Crippen molar-refractivity contribution in [3.8, 4) is 0 Å². The molecule has 1 amide bonds. The van der Waals surface area contributed by atoms with E-state index in [1.54, 1.807) is 0 Å². The average Bonchev–Trinajstić information content (AvgIpc) is 2.52. The molecule has 0 aliphatic rings. The first-order valence-corrected chi connectivity index (χ1v) is 9.86. The van der Waals surface area contributed by atoms with Crippen molar-refractivity contribution in [3.63, 3.8) is 0 Å². The van der Waals surface area contributed by atoms with E-state index in [-0.39, 0.29) is 19.1 Å². The van der Waals surface area contributed by atoms with Gasteiger partial charge in [0.05, 0.1) is 0 Å². The number of benzene rings is 2. The summed E-state index contributed by atoms with van der Waals surface area (Å²) in [6.45, 7) is 4.48. The van der Waals surface area contributed by atoms with Crippen LogP contribution in [0.15, 0.2) is 67.2 Å². The fraction of sp³-hybridized carbons (Fsp3) is 0.0625. The third-order valence-corrected chi connectivity index (χ3v) is 6.42. The minimum atomic E-state index is 0.00549. The minimum absolute atomic E-state index is 0.00549. The maximum absolute atomic E-state index is 11.8. The Bertz CT molecular complexity index is 572. The van der Waals surface area contributed by atoms with Gasteiger partial charge in [0.2, 0.25) is 0 Å². The van der Waals surface area contributed by atoms with E-state index in [4.69, 9.17) is 0 Å². The summed E-state index contributed by atoms with van der Waals surface area (Å²) >= 11 is 0.111. The predicted molar refractivity (Wildman–Crippen MR) is 88.3 cm³/mol. The van der Waals surface area contributed by atoms with E-state index < -0.39 is 0 Å². The van der Waals surface area contributed by atoms with Crippen molar-refractivity contribution < 1.29 is 4.79 Å². The Balaban J connectivity index is 1.74. The van der Waals surface area contributed by atoms with Gasteiger partial charge in [-0.25, -0.2) is 0 Å². The number of nitrogens with one attached hydrogen (secondary N) is 1. The van der Waals surface area contributed by atoms with E-state index in [0.29, 0.717) is 6.54 Å². The van der Waals surface area contributed by atoms with Gasteiger partial charge in [0, 0.05) is 0 Å². The molecular weight excluding hydrogens is 333 g/mol. The van der Waals surface area contributed by atoms with E-state index in [2.05, 4.69) is 11.9 Å². The van der Waals surface area contributed by atoms with E-state index >= 15 is 0 Å². The molecule has 20 heavy (non-hydrogen) atoms. The van der Waals surface area contributed by atoms with Gasteiger partial charge in [-0.15, -0.1) is 0 Å². The molecule has 2 aromatic rings. The van der Waals surface area contributed by atoms with Gasteiger partial charge in [-0.2, -0.15) is 0 Å². The van der Waals surface area contributed by atoms with Crippen LogP contribution in [0, 0.1) is 0 Å². The number of hydrogen-bond acceptors (Lipinski definition) is 2. The maximum atomic E-state index is 11.8. The molecule has 0 aromatic heterocycles. The van der Waals surface area contributed by atoms with Crippen molar-refractivity contribution >= 4 is 39.3 Å². The molecule has 0 heterocycles. The first-order valence-electron chi connectivity index (χ1n) is 6.16. The molecule has 0 saturated heterocycles. The van der Waals surface area contributed by atoms with Crippen LogP contribution in [0.5, 0.6) is 0 Å². The molecule has 2 nitrogen and oxygen atoms in total. The zero-order chi connectivity index (χ0) is 14.2. The second-order valence-electron chi connectivity index (χ2n) is 4.09. The summed E-state index contributed by atoms with van der Waals surface area (Å²) in [6.07, 6.45) is 0. The first kappa shape index (κ1) is 14.9. The quantitative estimate of drug-likeness (QED) is 0.842. The Labute approximate surface area is 128 Å². The zero-order valence-corrected chi connectivity index (χ0v) is 13.4. The Kier molecular flexibility index (Phi) is 5.93. The van der Waals surface area contributed by atoms with Crippen molar-refractivity contribution in [1.82, 2.24) is 5.32 Å². The van der Waals surface area contributed by atoms with Crippen molar-refractivity contribution in [2.45, 2.75) is 0 Å². The molecule has 0 saturated carbocycles. The topological polar surface area (TPSA) is 29.1 Å². The van der Waals surface area contributed by atoms with Crippen LogP contribution in [0.1, 0.15) is 5.56 Å². The molecule has 2 aromatic carbocycles. The van der Waals surface area contributed by atoms with E-state index in [1.165, 1.54) is 14.6 Å². The van der Waals surface area contributed by atoms with Crippen LogP contribution in [0.3, 0.4) is 0 Å². The van der Waals surface area contributed by atoms with Crippen molar-refractivity contribution in [2.75, 3.05) is 6.54 Å². The summed E-state index contributed by atoms with van der Waals surface area (Å²) in [5, 5.41) is 2.90. The van der Waals surface area contributed by atoms with Crippen molar-refractivity contribution in [3.05, 3.63) is 72.8 Å². The fourth-order valence-electron chi connectivity index (χ4n) is 1.55. The number of carbonyl (C=O) groups excluding carboxylic acids is 1. The van der Waals surface area contributed by atoms with Crippen LogP contribution in [0.4, 0.5) is 4.79 Å². The molecule has 0 aliphatic carbocycles. The SMILES string of the molecule is C=C(CNC(=O)S[Se]c1ccccc1)c1ccccc1. The molecular formula is C16H15NOSSe. The first-order chi connectivity index (χ1) is 9.75. The summed E-state index contributed by atoms with van der Waals surface area (Å²) in [5.41, 5.74) is 1.98. The fourth-order valence-corrected chi connectivity index (χ4v) is 4.44. The van der Waals surface area contributed by atoms with E-state index in [0.717, 1.165) is 11.1 Å². The van der Waals surface area contributed by atoms with Crippen molar-refractivity contribution in [1.29, 1.82) is 0 Å². The molecule has 1 N–H and O–H groups in total. The van der Waals surface area contributed by atoms with Gasteiger partial charge in [-0.05, 0) is 0 Å². The van der Waals surface area contributed by atoms with Crippen LogP contribution in [-0.4, -0.2) is 25.6 Å². The Morgan fingerprint density at radius 1 is 1.05 bits per heavy atom.